The number of carbonyl (C=O) groups excluding carboxylic acids is 1. The van der Waals surface area contributed by atoms with Gasteiger partial charge in [-0.25, -0.2) is 4.79 Å². The van der Waals surface area contributed by atoms with Gasteiger partial charge in [-0.1, -0.05) is 115 Å². The maximum atomic E-state index is 13.0. The summed E-state index contributed by atoms with van der Waals surface area (Å²) in [6.45, 7) is -1.76. The van der Waals surface area contributed by atoms with Crippen LogP contribution in [0.2, 0.25) is 0 Å². The van der Waals surface area contributed by atoms with Crippen LogP contribution in [0.4, 0.5) is 8.78 Å². The number of halogens is 2. The van der Waals surface area contributed by atoms with Gasteiger partial charge in [-0.2, -0.15) is 17.2 Å². The first kappa shape index (κ1) is 29.9. The van der Waals surface area contributed by atoms with Crippen LogP contribution in [0.1, 0.15) is 26.7 Å². The number of benzene rings is 5. The van der Waals surface area contributed by atoms with Crippen LogP contribution in [0.25, 0.3) is 10.8 Å². The summed E-state index contributed by atoms with van der Waals surface area (Å²) in [5, 5.41) is -3.03. The molecule has 0 aliphatic rings. The highest BCUT2D eigenvalue weighted by Gasteiger charge is 2.45. The molecule has 5 aromatic carbocycles. The average molecular weight is 593 g/mol. The molecule has 210 valence electrons. The van der Waals surface area contributed by atoms with Gasteiger partial charge >= 0.3 is 21.3 Å². The van der Waals surface area contributed by atoms with Crippen molar-refractivity contribution in [3.63, 3.8) is 0 Å². The molecule has 0 unspecified atom stereocenters. The Labute approximate surface area is 241 Å². The van der Waals surface area contributed by atoms with Crippen molar-refractivity contribution in [2.45, 2.75) is 15.4 Å². The molecule has 5 aromatic rings. The fourth-order valence-corrected chi connectivity index (χ4v) is 5.31. The summed E-state index contributed by atoms with van der Waals surface area (Å²) in [6, 6.07) is 43.3. The Kier molecular flexibility index (Phi) is 9.88. The van der Waals surface area contributed by atoms with Gasteiger partial charge in [-0.15, -0.1) is 11.8 Å². The fourth-order valence-electron chi connectivity index (χ4n) is 3.92. The minimum atomic E-state index is -5.63. The highest BCUT2D eigenvalue weighted by Crippen LogP contribution is 2.40. The third-order valence-electron chi connectivity index (χ3n) is 5.96. The van der Waals surface area contributed by atoms with Crippen molar-refractivity contribution in [2.75, 3.05) is 6.61 Å². The zero-order valence-corrected chi connectivity index (χ0v) is 23.3. The second-order valence-corrected chi connectivity index (χ2v) is 11.6. The normalized spacial score (nSPS) is 11.5. The molecule has 0 radical (unpaired) electrons. The highest BCUT2D eigenvalue weighted by atomic mass is 32.2. The number of fused-ring (bicyclic) bond motifs is 1. The molecule has 9 heteroatoms. The Morgan fingerprint density at radius 3 is 1.78 bits per heavy atom. The number of alkyl halides is 2. The molecule has 0 aliphatic heterocycles. The van der Waals surface area contributed by atoms with E-state index in [1.807, 2.05) is 11.8 Å². The summed E-state index contributed by atoms with van der Waals surface area (Å²) in [5.41, 5.74) is 2.71. The monoisotopic (exact) mass is 592 g/mol. The van der Waals surface area contributed by atoms with Gasteiger partial charge in [-0.05, 0) is 40.1 Å². The number of thioether (sulfide) groups is 1. The molecule has 0 aromatic heterocycles. The Bertz CT molecular complexity index is 1640. The third-order valence-corrected chi connectivity index (χ3v) is 8.16. The highest BCUT2D eigenvalue weighted by molar-refractivity contribution is 7.99. The van der Waals surface area contributed by atoms with E-state index >= 15 is 0 Å². The van der Waals surface area contributed by atoms with Crippen LogP contribution in [0, 0.1) is 0 Å². The van der Waals surface area contributed by atoms with Gasteiger partial charge < -0.3 is 4.74 Å². The van der Waals surface area contributed by atoms with Crippen molar-refractivity contribution >= 4 is 38.6 Å². The van der Waals surface area contributed by atoms with E-state index in [0.717, 1.165) is 0 Å². The minimum Gasteiger partial charge on any atom is -0.454 e. The van der Waals surface area contributed by atoms with Gasteiger partial charge in [0.2, 0.25) is 0 Å². The zero-order valence-electron chi connectivity index (χ0n) is 21.6. The van der Waals surface area contributed by atoms with Crippen molar-refractivity contribution in [3.8, 4) is 0 Å². The van der Waals surface area contributed by atoms with E-state index < -0.39 is 27.9 Å². The summed E-state index contributed by atoms with van der Waals surface area (Å²) in [5.74, 6) is -1.10. The number of ether oxygens (including phenoxy) is 1. The molecule has 5 rings (SSSR count). The van der Waals surface area contributed by atoms with E-state index in [9.17, 15) is 22.0 Å². The van der Waals surface area contributed by atoms with Crippen molar-refractivity contribution in [1.82, 2.24) is 0 Å². The van der Waals surface area contributed by atoms with E-state index in [-0.39, 0.29) is 5.56 Å². The van der Waals surface area contributed by atoms with Gasteiger partial charge in [0.25, 0.3) is 0 Å². The number of carbonyl (C=O) groups is 1. The van der Waals surface area contributed by atoms with Gasteiger partial charge in [0.05, 0.1) is 10.8 Å². The lowest BCUT2D eigenvalue weighted by Crippen LogP contribution is -2.34. The molecule has 0 fully saturated rings. The molecule has 41 heavy (non-hydrogen) atoms. The quantitative estimate of drug-likeness (QED) is 0.112. The predicted molar refractivity (Wildman–Crippen MR) is 158 cm³/mol. The topological polar surface area (TPSA) is 80.7 Å². The Hall–Kier alpha value is -4.05. The Morgan fingerprint density at radius 2 is 1.22 bits per heavy atom. The van der Waals surface area contributed by atoms with Gasteiger partial charge in [0.15, 0.2) is 6.61 Å². The predicted octanol–water partition coefficient (Wildman–Crippen LogP) is 8.05. The second kappa shape index (κ2) is 13.5. The molecule has 1 N–H and O–H groups in total. The molecule has 0 atom stereocenters. The van der Waals surface area contributed by atoms with Gasteiger partial charge in [-0.3, -0.25) is 4.55 Å². The summed E-state index contributed by atoms with van der Waals surface area (Å²) in [7, 11) is -5.63. The molecule has 0 bridgehead atoms. The van der Waals surface area contributed by atoms with E-state index in [1.54, 1.807) is 36.4 Å². The van der Waals surface area contributed by atoms with E-state index in [0.29, 0.717) is 16.0 Å². The molecule has 0 spiro atoms. The first-order valence-electron chi connectivity index (χ1n) is 12.5. The van der Waals surface area contributed by atoms with E-state index in [1.165, 1.54) is 22.1 Å². The van der Waals surface area contributed by atoms with Crippen molar-refractivity contribution < 1.29 is 31.3 Å². The third kappa shape index (κ3) is 8.00. The van der Waals surface area contributed by atoms with Gasteiger partial charge in [0, 0.05) is 4.90 Å². The van der Waals surface area contributed by atoms with Crippen molar-refractivity contribution in [1.29, 1.82) is 0 Å². The second-order valence-electron chi connectivity index (χ2n) is 8.85. The summed E-state index contributed by atoms with van der Waals surface area (Å²) < 4.78 is 59.5. The molecule has 0 saturated heterocycles. The van der Waals surface area contributed by atoms with Crippen LogP contribution in [0.15, 0.2) is 138 Å². The molecular formula is C32H26F2O5S2. The van der Waals surface area contributed by atoms with E-state index in [2.05, 4.69) is 95.7 Å². The number of hydrogen-bond donors (Lipinski definition) is 1. The lowest BCUT2D eigenvalue weighted by molar-refractivity contribution is -0.00937. The van der Waals surface area contributed by atoms with Crippen LogP contribution in [-0.4, -0.2) is 30.8 Å². The van der Waals surface area contributed by atoms with E-state index in [4.69, 9.17) is 4.55 Å². The van der Waals surface area contributed by atoms with Crippen LogP contribution < -0.4 is 0 Å². The molecular weight excluding hydrogens is 566 g/mol. The lowest BCUT2D eigenvalue weighted by Gasteiger charge is -2.17. The van der Waals surface area contributed by atoms with Crippen molar-refractivity contribution in [2.24, 2.45) is 0 Å². The van der Waals surface area contributed by atoms with Gasteiger partial charge in [0.1, 0.15) is 0 Å². The summed E-state index contributed by atoms with van der Waals surface area (Å²) in [6.07, 6.45) is 0. The van der Waals surface area contributed by atoms with Crippen LogP contribution in [0.5, 0.6) is 0 Å². The summed E-state index contributed by atoms with van der Waals surface area (Å²) >= 11 is 1.89. The maximum Gasteiger partial charge on any atom is 0.402 e. The smallest absolute Gasteiger partial charge is 0.402 e. The largest absolute Gasteiger partial charge is 0.454 e. The first-order valence-corrected chi connectivity index (χ1v) is 14.8. The fraction of sp³-hybridized carbons (Fsp3) is 0.0938. The molecule has 0 heterocycles. The zero-order chi connectivity index (χ0) is 29.3. The number of hydrogen-bond acceptors (Lipinski definition) is 5. The average Bonchev–Trinajstić information content (AvgIpc) is 2.99. The van der Waals surface area contributed by atoms with Crippen molar-refractivity contribution in [3.05, 3.63) is 150 Å². The lowest BCUT2D eigenvalue weighted by atomic mass is 10.0. The molecule has 0 amide bonds. The van der Waals surface area contributed by atoms with Crippen LogP contribution in [-0.2, 0) is 14.9 Å². The molecule has 0 saturated carbocycles. The number of rotatable bonds is 8. The molecule has 5 nitrogen and oxygen atoms in total. The standard InChI is InChI=1S/C19H16S.C13H10F2O5S/c1-4-10-16(11-5-1)19(17-12-6-2-7-13-17)20-18-14-8-3-9-15-18;14-13(15,21(17,18)19)8-20-12(16)11-7-3-5-9-4-1-2-6-10(9)11/h1-15,19H;1-7H,8H2,(H,17,18,19). The minimum absolute atomic E-state index is 0.0271. The maximum absolute atomic E-state index is 13.0. The SMILES string of the molecule is O=C(OCC(F)(F)S(=O)(=O)O)c1cccc2ccccc12.c1ccc(SC(c2ccccc2)c2ccccc2)cc1. The number of esters is 1. The Morgan fingerprint density at radius 1 is 0.732 bits per heavy atom. The van der Waals surface area contributed by atoms with Crippen LogP contribution >= 0.6 is 11.8 Å². The Balaban J connectivity index is 0.000000189. The summed E-state index contributed by atoms with van der Waals surface area (Å²) in [4.78, 5) is 13.1. The van der Waals surface area contributed by atoms with Crippen LogP contribution in [0.3, 0.4) is 0 Å². The first-order chi connectivity index (χ1) is 19.7. The molecule has 0 aliphatic carbocycles.